The van der Waals surface area contributed by atoms with Crippen LogP contribution in [0.3, 0.4) is 0 Å². The maximum Gasteiger partial charge on any atom is 0.270 e. The lowest BCUT2D eigenvalue weighted by molar-refractivity contribution is -0.114. The van der Waals surface area contributed by atoms with E-state index in [4.69, 9.17) is 10.9 Å². The highest BCUT2D eigenvalue weighted by Crippen LogP contribution is 2.20. The number of oxime groups is 1. The van der Waals surface area contributed by atoms with Crippen LogP contribution in [0.5, 0.6) is 0 Å². The van der Waals surface area contributed by atoms with E-state index in [0.717, 1.165) is 0 Å². The Hall–Kier alpha value is -1.79. The van der Waals surface area contributed by atoms with Crippen LogP contribution in [0.1, 0.15) is 20.8 Å². The number of amides is 1. The fraction of sp³-hybridized carbons (Fsp3) is 0.556. The van der Waals surface area contributed by atoms with E-state index in [1.54, 1.807) is 13.8 Å². The van der Waals surface area contributed by atoms with Crippen LogP contribution in [-0.2, 0) is 14.8 Å². The lowest BCUT2D eigenvalue weighted by Crippen LogP contribution is -2.47. The average molecular weight is 336 g/mol. The molecule has 0 aromatic carbocycles. The quantitative estimate of drug-likeness (QED) is 0.180. The van der Waals surface area contributed by atoms with Gasteiger partial charge in [-0.15, -0.1) is 10.2 Å². The summed E-state index contributed by atoms with van der Waals surface area (Å²) >= 11 is 0.693. The second kappa shape index (κ2) is 6.78. The van der Waals surface area contributed by atoms with Gasteiger partial charge in [-0.05, 0) is 5.92 Å². The van der Waals surface area contributed by atoms with Gasteiger partial charge >= 0.3 is 0 Å². The Morgan fingerprint density at radius 3 is 2.52 bits per heavy atom. The Morgan fingerprint density at radius 1 is 1.43 bits per heavy atom. The number of aromatic nitrogens is 2. The monoisotopic (exact) mass is 336 g/mol. The number of anilines is 1. The summed E-state index contributed by atoms with van der Waals surface area (Å²) in [5.41, 5.74) is 5.46. The van der Waals surface area contributed by atoms with E-state index in [1.807, 2.05) is 0 Å². The van der Waals surface area contributed by atoms with Crippen molar-refractivity contribution in [2.24, 2.45) is 16.8 Å². The molecule has 1 aromatic rings. The lowest BCUT2D eigenvalue weighted by atomic mass is 10.1. The first-order chi connectivity index (χ1) is 9.67. The Labute approximate surface area is 125 Å². The SMILES string of the molecule is CC(=O)Nc1nnc(S(=O)(=O)NC(C(N)=NO)C(C)C)s1. The number of amidine groups is 1. The smallest absolute Gasteiger partial charge is 0.270 e. The highest BCUT2D eigenvalue weighted by molar-refractivity contribution is 7.91. The maximum absolute atomic E-state index is 12.2. The Bertz CT molecular complexity index is 638. The van der Waals surface area contributed by atoms with Crippen molar-refractivity contribution in [1.29, 1.82) is 0 Å². The summed E-state index contributed by atoms with van der Waals surface area (Å²) in [5, 5.41) is 20.9. The van der Waals surface area contributed by atoms with Crippen LogP contribution >= 0.6 is 11.3 Å². The molecule has 0 spiro atoms. The Morgan fingerprint density at radius 2 is 2.05 bits per heavy atom. The third-order valence-electron chi connectivity index (χ3n) is 2.30. The standard InChI is InChI=1S/C9H16N6O4S2/c1-4(2)6(7(10)14-17)15-21(18,19)9-13-12-8(20-9)11-5(3)16/h4,6,15,17H,1-3H3,(H2,10,14)(H,11,12,16). The van der Waals surface area contributed by atoms with E-state index in [-0.39, 0.29) is 27.1 Å². The molecule has 21 heavy (non-hydrogen) atoms. The van der Waals surface area contributed by atoms with Gasteiger partial charge in [-0.1, -0.05) is 30.3 Å². The van der Waals surface area contributed by atoms with Crippen molar-refractivity contribution in [3.05, 3.63) is 0 Å². The first-order valence-electron chi connectivity index (χ1n) is 5.78. The van der Waals surface area contributed by atoms with Crippen LogP contribution in [0.25, 0.3) is 0 Å². The number of carbonyl (C=O) groups excluding carboxylic acids is 1. The molecule has 0 radical (unpaired) electrons. The summed E-state index contributed by atoms with van der Waals surface area (Å²) in [6.07, 6.45) is 0. The number of hydrogen-bond acceptors (Lipinski definition) is 8. The summed E-state index contributed by atoms with van der Waals surface area (Å²) < 4.78 is 26.3. The van der Waals surface area contributed by atoms with Crippen molar-refractivity contribution >= 4 is 38.2 Å². The zero-order valence-corrected chi connectivity index (χ0v) is 13.2. The van der Waals surface area contributed by atoms with Gasteiger partial charge < -0.3 is 16.3 Å². The van der Waals surface area contributed by atoms with E-state index in [0.29, 0.717) is 11.3 Å². The molecule has 0 bridgehead atoms. The molecule has 1 unspecified atom stereocenters. The van der Waals surface area contributed by atoms with Gasteiger partial charge in [-0.3, -0.25) is 4.79 Å². The molecule has 0 saturated carbocycles. The second-order valence-corrected chi connectivity index (χ2v) is 7.29. The van der Waals surface area contributed by atoms with E-state index >= 15 is 0 Å². The second-order valence-electron chi connectivity index (χ2n) is 4.42. The molecule has 0 aliphatic rings. The van der Waals surface area contributed by atoms with Crippen LogP contribution < -0.4 is 15.8 Å². The number of sulfonamides is 1. The molecule has 0 fully saturated rings. The number of carbonyl (C=O) groups is 1. The minimum atomic E-state index is -4.00. The summed E-state index contributed by atoms with van der Waals surface area (Å²) in [6, 6.07) is -0.895. The van der Waals surface area contributed by atoms with E-state index in [9.17, 15) is 13.2 Å². The lowest BCUT2D eigenvalue weighted by Gasteiger charge is -2.19. The maximum atomic E-state index is 12.2. The van der Waals surface area contributed by atoms with Crippen molar-refractivity contribution in [2.75, 3.05) is 5.32 Å². The van der Waals surface area contributed by atoms with E-state index < -0.39 is 16.1 Å². The van der Waals surface area contributed by atoms with Gasteiger partial charge in [-0.2, -0.15) is 4.72 Å². The molecule has 1 atom stereocenters. The number of nitrogens with zero attached hydrogens (tertiary/aromatic N) is 3. The zero-order chi connectivity index (χ0) is 16.2. The zero-order valence-electron chi connectivity index (χ0n) is 11.6. The van der Waals surface area contributed by atoms with Gasteiger partial charge in [0, 0.05) is 6.92 Å². The van der Waals surface area contributed by atoms with Crippen LogP contribution in [0.2, 0.25) is 0 Å². The van der Waals surface area contributed by atoms with Crippen molar-refractivity contribution in [3.8, 4) is 0 Å². The number of nitrogens with two attached hydrogens (primary N) is 1. The molecule has 1 amide bonds. The first-order valence-corrected chi connectivity index (χ1v) is 8.08. The van der Waals surface area contributed by atoms with Crippen LogP contribution in [0, 0.1) is 5.92 Å². The largest absolute Gasteiger partial charge is 0.409 e. The summed E-state index contributed by atoms with van der Waals surface area (Å²) in [6.45, 7) is 4.67. The third kappa shape index (κ3) is 4.61. The Kier molecular flexibility index (Phi) is 5.57. The van der Waals surface area contributed by atoms with Crippen LogP contribution in [0.4, 0.5) is 5.13 Å². The summed E-state index contributed by atoms with van der Waals surface area (Å²) in [7, 11) is -4.00. The normalized spacial score (nSPS) is 14.2. The molecule has 1 heterocycles. The number of rotatable bonds is 6. The fourth-order valence-corrected chi connectivity index (χ4v) is 3.66. The first kappa shape index (κ1) is 17.3. The van der Waals surface area contributed by atoms with Gasteiger partial charge in [0.25, 0.3) is 10.0 Å². The van der Waals surface area contributed by atoms with Crippen LogP contribution in [0.15, 0.2) is 9.50 Å². The van der Waals surface area contributed by atoms with E-state index in [1.165, 1.54) is 6.92 Å². The van der Waals surface area contributed by atoms with Crippen molar-refractivity contribution in [2.45, 2.75) is 31.2 Å². The number of hydrogen-bond donors (Lipinski definition) is 4. The van der Waals surface area contributed by atoms with Gasteiger partial charge in [0.15, 0.2) is 5.84 Å². The van der Waals surface area contributed by atoms with Crippen LogP contribution in [-0.4, -0.2) is 41.6 Å². The molecule has 118 valence electrons. The average Bonchev–Trinajstić information content (AvgIpc) is 2.83. The predicted molar refractivity (Wildman–Crippen MR) is 76.6 cm³/mol. The predicted octanol–water partition coefficient (Wildman–Crippen LogP) is -0.454. The molecule has 5 N–H and O–H groups in total. The van der Waals surface area contributed by atoms with Crippen molar-refractivity contribution < 1.29 is 18.4 Å². The molecule has 10 nitrogen and oxygen atoms in total. The van der Waals surface area contributed by atoms with Crippen molar-refractivity contribution in [1.82, 2.24) is 14.9 Å². The van der Waals surface area contributed by atoms with Gasteiger partial charge in [0.05, 0.1) is 6.04 Å². The molecular formula is C9H16N6O4S2. The molecule has 12 heteroatoms. The molecule has 1 rings (SSSR count). The summed E-state index contributed by atoms with van der Waals surface area (Å²) in [4.78, 5) is 10.9. The summed E-state index contributed by atoms with van der Waals surface area (Å²) in [5.74, 6) is -0.904. The molecule has 0 aliphatic carbocycles. The molecule has 1 aromatic heterocycles. The van der Waals surface area contributed by atoms with E-state index in [2.05, 4.69) is 25.4 Å². The topological polar surface area (TPSA) is 160 Å². The van der Waals surface area contributed by atoms with Gasteiger partial charge in [0.1, 0.15) is 0 Å². The molecular weight excluding hydrogens is 320 g/mol. The minimum Gasteiger partial charge on any atom is -0.409 e. The number of nitrogens with one attached hydrogen (secondary N) is 2. The molecule has 0 aliphatic heterocycles. The third-order valence-corrected chi connectivity index (χ3v) is 4.95. The fourth-order valence-electron chi connectivity index (χ4n) is 1.34. The highest BCUT2D eigenvalue weighted by atomic mass is 32.2. The molecule has 0 saturated heterocycles. The van der Waals surface area contributed by atoms with Crippen molar-refractivity contribution in [3.63, 3.8) is 0 Å². The Balaban J connectivity index is 3.00. The minimum absolute atomic E-state index is 0.0627. The highest BCUT2D eigenvalue weighted by Gasteiger charge is 2.28. The van der Waals surface area contributed by atoms with Gasteiger partial charge in [-0.25, -0.2) is 8.42 Å². The van der Waals surface area contributed by atoms with Gasteiger partial charge in [0.2, 0.25) is 15.4 Å².